The molecule has 10 heteroatoms. The summed E-state index contributed by atoms with van der Waals surface area (Å²) in [5, 5.41) is 3.86. The molecule has 1 aliphatic rings. The lowest BCUT2D eigenvalue weighted by Crippen LogP contribution is -2.52. The Morgan fingerprint density at radius 1 is 0.976 bits per heavy atom. The Morgan fingerprint density at radius 3 is 2.29 bits per heavy atom. The largest absolute Gasteiger partial charge is 0.352 e. The van der Waals surface area contributed by atoms with Gasteiger partial charge in [0.05, 0.1) is 10.6 Å². The highest BCUT2D eigenvalue weighted by Gasteiger charge is 2.34. The summed E-state index contributed by atoms with van der Waals surface area (Å²) in [5.74, 6) is -0.827. The second-order valence-electron chi connectivity index (χ2n) is 11.0. The van der Waals surface area contributed by atoms with E-state index >= 15 is 0 Å². The number of amides is 2. The van der Waals surface area contributed by atoms with E-state index < -0.39 is 28.5 Å². The van der Waals surface area contributed by atoms with Gasteiger partial charge in [0.15, 0.2) is 0 Å². The van der Waals surface area contributed by atoms with E-state index in [2.05, 4.69) is 5.32 Å². The molecule has 1 fully saturated rings. The number of rotatable bonds is 10. The van der Waals surface area contributed by atoms with Crippen LogP contribution >= 0.6 is 23.2 Å². The van der Waals surface area contributed by atoms with Crippen molar-refractivity contribution in [3.63, 3.8) is 0 Å². The van der Waals surface area contributed by atoms with Gasteiger partial charge in [-0.2, -0.15) is 0 Å². The number of benzene rings is 3. The van der Waals surface area contributed by atoms with Crippen molar-refractivity contribution in [3.8, 4) is 0 Å². The number of carbonyl (C=O) groups is 2. The molecule has 0 aromatic heterocycles. The monoisotopic (exact) mass is 629 g/mol. The first-order chi connectivity index (χ1) is 19.9. The first kappa shape index (κ1) is 31.9. The van der Waals surface area contributed by atoms with Gasteiger partial charge in [-0.05, 0) is 87.6 Å². The number of anilines is 1. The van der Waals surface area contributed by atoms with Crippen molar-refractivity contribution in [2.45, 2.75) is 76.9 Å². The summed E-state index contributed by atoms with van der Waals surface area (Å²) in [7, 11) is -4.15. The van der Waals surface area contributed by atoms with Crippen LogP contribution in [0.1, 0.15) is 54.9 Å². The lowest BCUT2D eigenvalue weighted by molar-refractivity contribution is -0.139. The minimum atomic E-state index is -4.15. The minimum absolute atomic E-state index is 0.000687. The Morgan fingerprint density at radius 2 is 1.64 bits per heavy atom. The fraction of sp³-hybridized carbons (Fsp3) is 0.375. The zero-order valence-corrected chi connectivity index (χ0v) is 26.7. The summed E-state index contributed by atoms with van der Waals surface area (Å²) in [6.45, 7) is 6.74. The van der Waals surface area contributed by atoms with Gasteiger partial charge in [-0.15, -0.1) is 0 Å². The number of carbonyl (C=O) groups excluding carboxylic acids is 2. The number of aryl methyl sites for hydroxylation is 2. The van der Waals surface area contributed by atoms with E-state index in [9.17, 15) is 18.0 Å². The van der Waals surface area contributed by atoms with Gasteiger partial charge >= 0.3 is 0 Å². The molecule has 0 spiro atoms. The molecule has 3 aromatic carbocycles. The van der Waals surface area contributed by atoms with Crippen LogP contribution < -0.4 is 9.62 Å². The van der Waals surface area contributed by atoms with Crippen molar-refractivity contribution < 1.29 is 18.0 Å². The topological polar surface area (TPSA) is 86.8 Å². The van der Waals surface area contributed by atoms with Crippen molar-refractivity contribution >= 4 is 50.7 Å². The van der Waals surface area contributed by atoms with E-state index in [0.717, 1.165) is 46.7 Å². The molecule has 4 rings (SSSR count). The van der Waals surface area contributed by atoms with Crippen molar-refractivity contribution in [2.24, 2.45) is 0 Å². The fourth-order valence-corrected chi connectivity index (χ4v) is 7.10. The van der Waals surface area contributed by atoms with Crippen LogP contribution in [0, 0.1) is 20.8 Å². The zero-order chi connectivity index (χ0) is 30.6. The summed E-state index contributed by atoms with van der Waals surface area (Å²) >= 11 is 12.6. The van der Waals surface area contributed by atoms with E-state index in [4.69, 9.17) is 23.2 Å². The second-order valence-corrected chi connectivity index (χ2v) is 13.7. The van der Waals surface area contributed by atoms with Crippen molar-refractivity contribution in [2.75, 3.05) is 10.8 Å². The Balaban J connectivity index is 1.74. The van der Waals surface area contributed by atoms with E-state index in [1.807, 2.05) is 26.8 Å². The number of hydrogen-bond acceptors (Lipinski definition) is 4. The lowest BCUT2D eigenvalue weighted by atomic mass is 10.1. The van der Waals surface area contributed by atoms with Crippen molar-refractivity contribution in [1.82, 2.24) is 10.2 Å². The van der Waals surface area contributed by atoms with Gasteiger partial charge in [-0.3, -0.25) is 13.9 Å². The highest BCUT2D eigenvalue weighted by molar-refractivity contribution is 7.92. The Kier molecular flexibility index (Phi) is 10.2. The van der Waals surface area contributed by atoms with Crippen LogP contribution in [0.25, 0.3) is 0 Å². The molecule has 0 heterocycles. The number of hydrogen-bond donors (Lipinski definition) is 1. The number of sulfonamides is 1. The van der Waals surface area contributed by atoms with Crippen molar-refractivity contribution in [3.05, 3.63) is 93.0 Å². The lowest BCUT2D eigenvalue weighted by Gasteiger charge is -2.33. The maximum Gasteiger partial charge on any atom is 0.264 e. The van der Waals surface area contributed by atoms with E-state index in [0.29, 0.717) is 21.3 Å². The summed E-state index contributed by atoms with van der Waals surface area (Å²) in [4.78, 5) is 29.0. The molecule has 1 aliphatic carbocycles. The third-order valence-electron chi connectivity index (χ3n) is 7.96. The highest BCUT2D eigenvalue weighted by atomic mass is 35.5. The molecule has 1 saturated carbocycles. The quantitative estimate of drug-likeness (QED) is 0.274. The molecule has 3 aromatic rings. The maximum atomic E-state index is 14.2. The SMILES string of the molecule is Cc1ccc(S(=O)(=O)N(CC(=O)N(Cc2ccc(Cl)cc2Cl)C(C)C(=O)NC2CCCC2)c2cccc(C)c2C)cc1. The van der Waals surface area contributed by atoms with Crippen LogP contribution in [0.5, 0.6) is 0 Å². The molecule has 7 nitrogen and oxygen atoms in total. The summed E-state index contributed by atoms with van der Waals surface area (Å²) < 4.78 is 29.3. The Labute approximate surface area is 258 Å². The normalized spacial score (nSPS) is 14.4. The van der Waals surface area contributed by atoms with Crippen LogP contribution in [0.3, 0.4) is 0 Å². The third-order valence-corrected chi connectivity index (χ3v) is 10.3. The molecule has 0 bridgehead atoms. The molecule has 1 atom stereocenters. The first-order valence-electron chi connectivity index (χ1n) is 14.1. The van der Waals surface area contributed by atoms with Gasteiger partial charge in [-0.1, -0.05) is 71.9 Å². The van der Waals surface area contributed by atoms with Crippen LogP contribution in [0.2, 0.25) is 10.0 Å². The molecule has 224 valence electrons. The van der Waals surface area contributed by atoms with Crippen LogP contribution in [-0.2, 0) is 26.2 Å². The standard InChI is InChI=1S/C32H37Cl2N3O4S/c1-21-12-16-28(17-13-21)42(40,41)37(30-11-7-8-22(2)23(30)3)20-31(38)36(19-25-14-15-26(33)18-29(25)34)24(4)32(39)35-27-9-5-6-10-27/h7-8,11-18,24,27H,5-6,9-10,19-20H2,1-4H3,(H,35,39). The third kappa shape index (κ3) is 7.28. The smallest absolute Gasteiger partial charge is 0.264 e. The molecule has 1 N–H and O–H groups in total. The first-order valence-corrected chi connectivity index (χ1v) is 16.3. The fourth-order valence-electron chi connectivity index (χ4n) is 5.16. The van der Waals surface area contributed by atoms with Gasteiger partial charge < -0.3 is 10.2 Å². The number of nitrogens with zero attached hydrogens (tertiary/aromatic N) is 2. The molecule has 0 aliphatic heterocycles. The van der Waals surface area contributed by atoms with Gasteiger partial charge in [0.25, 0.3) is 10.0 Å². The predicted octanol–water partition coefficient (Wildman–Crippen LogP) is 6.59. The summed E-state index contributed by atoms with van der Waals surface area (Å²) in [6, 6.07) is 16.0. The van der Waals surface area contributed by atoms with Gasteiger partial charge in [0.1, 0.15) is 12.6 Å². The van der Waals surface area contributed by atoms with Crippen LogP contribution in [0.15, 0.2) is 65.6 Å². The number of halogens is 2. The second kappa shape index (κ2) is 13.5. The molecule has 0 saturated heterocycles. The van der Waals surface area contributed by atoms with E-state index in [-0.39, 0.29) is 23.4 Å². The van der Waals surface area contributed by atoms with Crippen LogP contribution in [-0.4, -0.2) is 43.8 Å². The van der Waals surface area contributed by atoms with E-state index in [1.54, 1.807) is 49.4 Å². The number of nitrogens with one attached hydrogen (secondary N) is 1. The zero-order valence-electron chi connectivity index (χ0n) is 24.4. The molecular weight excluding hydrogens is 593 g/mol. The van der Waals surface area contributed by atoms with Gasteiger partial charge in [0.2, 0.25) is 11.8 Å². The van der Waals surface area contributed by atoms with Crippen LogP contribution in [0.4, 0.5) is 5.69 Å². The maximum absolute atomic E-state index is 14.2. The van der Waals surface area contributed by atoms with Gasteiger partial charge in [-0.25, -0.2) is 8.42 Å². The molecule has 2 amide bonds. The summed E-state index contributed by atoms with van der Waals surface area (Å²) in [6.07, 6.45) is 3.88. The highest BCUT2D eigenvalue weighted by Crippen LogP contribution is 2.30. The molecule has 1 unspecified atom stereocenters. The average Bonchev–Trinajstić information content (AvgIpc) is 3.46. The molecule has 42 heavy (non-hydrogen) atoms. The Bertz CT molecular complexity index is 1550. The minimum Gasteiger partial charge on any atom is -0.352 e. The van der Waals surface area contributed by atoms with E-state index in [1.165, 1.54) is 17.0 Å². The van der Waals surface area contributed by atoms with Gasteiger partial charge in [0, 0.05) is 22.6 Å². The summed E-state index contributed by atoms with van der Waals surface area (Å²) in [5.41, 5.74) is 3.53. The predicted molar refractivity (Wildman–Crippen MR) is 168 cm³/mol. The molecular formula is C32H37Cl2N3O4S. The molecule has 0 radical (unpaired) electrons. The van der Waals surface area contributed by atoms with Crippen molar-refractivity contribution in [1.29, 1.82) is 0 Å². The Hall–Kier alpha value is -3.07. The average molecular weight is 631 g/mol.